The number of para-hydroxylation sites is 2. The number of allylic oxidation sites excluding steroid dienone is 2. The van der Waals surface area contributed by atoms with Gasteiger partial charge in [-0.1, -0.05) is 60.2 Å². The van der Waals surface area contributed by atoms with Gasteiger partial charge < -0.3 is 4.74 Å². The summed E-state index contributed by atoms with van der Waals surface area (Å²) in [4.78, 5) is 20.8. The Morgan fingerprint density at radius 2 is 1.40 bits per heavy atom. The number of benzene rings is 3. The van der Waals surface area contributed by atoms with Crippen LogP contribution >= 0.6 is 11.6 Å². The van der Waals surface area contributed by atoms with Crippen LogP contribution in [0.15, 0.2) is 91.1 Å². The number of aromatic nitrogens is 2. The van der Waals surface area contributed by atoms with Gasteiger partial charge in [-0.15, -0.1) is 0 Å². The number of rotatable bonds is 6. The van der Waals surface area contributed by atoms with Gasteiger partial charge in [0.25, 0.3) is 0 Å². The SMILES string of the molecule is O=C(C=Cc1ccc(Cl)cc1)C=Cc1ccc(Oc2cnc3ccccc3n2)cc1. The third kappa shape index (κ3) is 5.19. The number of ketones is 1. The zero-order chi connectivity index (χ0) is 20.8. The standard InChI is InChI=1S/C25H17ClN2O2/c26-20-11-5-18(6-12-20)7-13-21(29)14-8-19-9-15-22(16-10-19)30-25-17-27-23-3-1-2-4-24(23)28-25/h1-17H. The lowest BCUT2D eigenvalue weighted by Crippen LogP contribution is -1.90. The highest BCUT2D eigenvalue weighted by atomic mass is 35.5. The van der Waals surface area contributed by atoms with Crippen molar-refractivity contribution >= 4 is 40.6 Å². The van der Waals surface area contributed by atoms with Crippen molar-refractivity contribution in [3.05, 3.63) is 107 Å². The molecule has 0 saturated carbocycles. The minimum atomic E-state index is -0.100. The normalized spacial score (nSPS) is 11.4. The molecule has 0 unspecified atom stereocenters. The first-order chi connectivity index (χ1) is 14.7. The maximum absolute atomic E-state index is 12.0. The van der Waals surface area contributed by atoms with Gasteiger partial charge in [0.05, 0.1) is 17.2 Å². The predicted molar refractivity (Wildman–Crippen MR) is 121 cm³/mol. The van der Waals surface area contributed by atoms with Gasteiger partial charge in [-0.2, -0.15) is 0 Å². The quantitative estimate of drug-likeness (QED) is 0.345. The number of carbonyl (C=O) groups is 1. The van der Waals surface area contributed by atoms with Crippen LogP contribution in [0.1, 0.15) is 11.1 Å². The first-order valence-electron chi connectivity index (χ1n) is 9.31. The molecule has 0 amide bonds. The Bertz CT molecular complexity index is 1230. The number of ether oxygens (including phenoxy) is 1. The van der Waals surface area contributed by atoms with Crippen molar-refractivity contribution in [2.24, 2.45) is 0 Å². The Morgan fingerprint density at radius 1 is 0.800 bits per heavy atom. The molecular weight excluding hydrogens is 396 g/mol. The van der Waals surface area contributed by atoms with Crippen LogP contribution < -0.4 is 4.74 Å². The summed E-state index contributed by atoms with van der Waals surface area (Å²) in [5, 5.41) is 0.665. The van der Waals surface area contributed by atoms with Gasteiger partial charge in [0.15, 0.2) is 5.78 Å². The van der Waals surface area contributed by atoms with Crippen LogP contribution in [0.5, 0.6) is 11.6 Å². The van der Waals surface area contributed by atoms with Crippen molar-refractivity contribution in [2.45, 2.75) is 0 Å². The van der Waals surface area contributed by atoms with Crippen LogP contribution in [0.4, 0.5) is 0 Å². The maximum atomic E-state index is 12.0. The van der Waals surface area contributed by atoms with E-state index >= 15 is 0 Å². The molecule has 1 heterocycles. The number of fused-ring (bicyclic) bond motifs is 1. The molecule has 3 aromatic carbocycles. The lowest BCUT2D eigenvalue weighted by atomic mass is 10.1. The molecule has 4 aromatic rings. The molecule has 5 heteroatoms. The molecule has 4 nitrogen and oxygen atoms in total. The highest BCUT2D eigenvalue weighted by Crippen LogP contribution is 2.21. The minimum Gasteiger partial charge on any atom is -0.437 e. The molecule has 0 atom stereocenters. The zero-order valence-electron chi connectivity index (χ0n) is 15.9. The fraction of sp³-hybridized carbons (Fsp3) is 0. The van der Waals surface area contributed by atoms with Crippen LogP contribution in [0.25, 0.3) is 23.2 Å². The number of halogens is 1. The van der Waals surface area contributed by atoms with E-state index < -0.39 is 0 Å². The van der Waals surface area contributed by atoms with Gasteiger partial charge >= 0.3 is 0 Å². The van der Waals surface area contributed by atoms with Crippen LogP contribution in [0.2, 0.25) is 5.02 Å². The van der Waals surface area contributed by atoms with E-state index in [0.717, 1.165) is 22.2 Å². The van der Waals surface area contributed by atoms with E-state index in [2.05, 4.69) is 9.97 Å². The Balaban J connectivity index is 1.37. The topological polar surface area (TPSA) is 52.1 Å². The Kier molecular flexibility index (Phi) is 5.97. The largest absolute Gasteiger partial charge is 0.437 e. The van der Waals surface area contributed by atoms with Gasteiger partial charge in [0, 0.05) is 5.02 Å². The first-order valence-corrected chi connectivity index (χ1v) is 9.69. The molecule has 0 N–H and O–H groups in total. The highest BCUT2D eigenvalue weighted by Gasteiger charge is 2.02. The molecule has 0 saturated heterocycles. The van der Waals surface area contributed by atoms with Crippen molar-refractivity contribution in [1.82, 2.24) is 9.97 Å². The summed E-state index contributed by atoms with van der Waals surface area (Å²) in [6, 6.07) is 22.3. The van der Waals surface area contributed by atoms with Crippen LogP contribution in [0.3, 0.4) is 0 Å². The molecule has 0 spiro atoms. The van der Waals surface area contributed by atoms with Crippen LogP contribution in [-0.4, -0.2) is 15.8 Å². The van der Waals surface area contributed by atoms with E-state index in [4.69, 9.17) is 16.3 Å². The van der Waals surface area contributed by atoms with Gasteiger partial charge in [-0.3, -0.25) is 4.79 Å². The maximum Gasteiger partial charge on any atom is 0.238 e. The smallest absolute Gasteiger partial charge is 0.238 e. The molecule has 0 fully saturated rings. The number of carbonyl (C=O) groups excluding carboxylic acids is 1. The van der Waals surface area contributed by atoms with Gasteiger partial charge in [0.1, 0.15) is 5.75 Å². The molecule has 0 aliphatic heterocycles. The zero-order valence-corrected chi connectivity index (χ0v) is 16.7. The molecule has 1 aromatic heterocycles. The fourth-order valence-electron chi connectivity index (χ4n) is 2.74. The molecule has 0 aliphatic rings. The minimum absolute atomic E-state index is 0.100. The second kappa shape index (κ2) is 9.16. The summed E-state index contributed by atoms with van der Waals surface area (Å²) in [5.74, 6) is 0.974. The van der Waals surface area contributed by atoms with E-state index in [1.54, 1.807) is 30.5 Å². The van der Waals surface area contributed by atoms with Crippen molar-refractivity contribution in [3.8, 4) is 11.6 Å². The van der Waals surface area contributed by atoms with Gasteiger partial charge in [-0.25, -0.2) is 9.97 Å². The summed E-state index contributed by atoms with van der Waals surface area (Å²) in [5.41, 5.74) is 3.40. The lowest BCUT2D eigenvalue weighted by Gasteiger charge is -2.05. The summed E-state index contributed by atoms with van der Waals surface area (Å²) in [6.07, 6.45) is 8.16. The van der Waals surface area contributed by atoms with Crippen molar-refractivity contribution in [2.75, 3.05) is 0 Å². The molecule has 4 rings (SSSR count). The average molecular weight is 413 g/mol. The van der Waals surface area contributed by atoms with Crippen molar-refractivity contribution in [3.63, 3.8) is 0 Å². The van der Waals surface area contributed by atoms with E-state index in [1.165, 1.54) is 12.2 Å². The van der Waals surface area contributed by atoms with Crippen molar-refractivity contribution in [1.29, 1.82) is 0 Å². The number of nitrogens with zero attached hydrogens (tertiary/aromatic N) is 2. The van der Waals surface area contributed by atoms with E-state index in [-0.39, 0.29) is 5.78 Å². The van der Waals surface area contributed by atoms with Crippen molar-refractivity contribution < 1.29 is 9.53 Å². The molecular formula is C25H17ClN2O2. The summed E-state index contributed by atoms with van der Waals surface area (Å²) < 4.78 is 5.78. The Hall–Kier alpha value is -3.76. The van der Waals surface area contributed by atoms with Gasteiger partial charge in [0.2, 0.25) is 5.88 Å². The van der Waals surface area contributed by atoms with E-state index in [1.807, 2.05) is 60.7 Å². The fourth-order valence-corrected chi connectivity index (χ4v) is 2.87. The predicted octanol–water partition coefficient (Wildman–Crippen LogP) is 6.37. The monoisotopic (exact) mass is 412 g/mol. The second-order valence-corrected chi connectivity index (χ2v) is 6.93. The third-order valence-corrected chi connectivity index (χ3v) is 4.53. The van der Waals surface area contributed by atoms with Crippen LogP contribution in [0, 0.1) is 0 Å². The molecule has 0 aliphatic carbocycles. The van der Waals surface area contributed by atoms with Crippen LogP contribution in [-0.2, 0) is 4.79 Å². The lowest BCUT2D eigenvalue weighted by molar-refractivity contribution is -0.110. The number of hydrogen-bond donors (Lipinski definition) is 0. The second-order valence-electron chi connectivity index (χ2n) is 6.49. The molecule has 30 heavy (non-hydrogen) atoms. The van der Waals surface area contributed by atoms with Gasteiger partial charge in [-0.05, 0) is 59.7 Å². The molecule has 0 bridgehead atoms. The summed E-state index contributed by atoms with van der Waals surface area (Å²) in [7, 11) is 0. The highest BCUT2D eigenvalue weighted by molar-refractivity contribution is 6.30. The molecule has 0 radical (unpaired) electrons. The van der Waals surface area contributed by atoms with E-state index in [9.17, 15) is 4.79 Å². The number of hydrogen-bond acceptors (Lipinski definition) is 4. The summed E-state index contributed by atoms with van der Waals surface area (Å²) in [6.45, 7) is 0. The average Bonchev–Trinajstić information content (AvgIpc) is 2.78. The Labute approximate surface area is 179 Å². The molecule has 146 valence electrons. The Morgan fingerprint density at radius 3 is 2.07 bits per heavy atom. The first kappa shape index (κ1) is 19.6. The van der Waals surface area contributed by atoms with E-state index in [0.29, 0.717) is 16.7 Å². The third-order valence-electron chi connectivity index (χ3n) is 4.28. The summed E-state index contributed by atoms with van der Waals surface area (Å²) >= 11 is 5.85.